The average Bonchev–Trinajstić information content (AvgIpc) is 2.66. The first-order valence-corrected chi connectivity index (χ1v) is 11.1. The molecular weight excluding hydrogens is 501 g/mol. The molecule has 8 heteroatoms. The molecule has 0 spiro atoms. The molecule has 29 heavy (non-hydrogen) atoms. The highest BCUT2D eigenvalue weighted by Gasteiger charge is 2.10. The van der Waals surface area contributed by atoms with Crippen LogP contribution in [-0.2, 0) is 22.8 Å². The summed E-state index contributed by atoms with van der Waals surface area (Å²) in [5.41, 5.74) is 3.00. The molecule has 0 aliphatic carbocycles. The van der Waals surface area contributed by atoms with Gasteiger partial charge in [0.25, 0.3) is 0 Å². The summed E-state index contributed by atoms with van der Waals surface area (Å²) in [6.45, 7) is 3.18. The lowest BCUT2D eigenvalue weighted by molar-refractivity contribution is 0.414. The molecular formula is C21H30IN3O3S. The van der Waals surface area contributed by atoms with Crippen LogP contribution in [0.3, 0.4) is 0 Å². The number of benzene rings is 2. The van der Waals surface area contributed by atoms with Crippen molar-refractivity contribution in [2.75, 3.05) is 27.0 Å². The number of nitrogens with one attached hydrogen (secondary N) is 2. The van der Waals surface area contributed by atoms with Gasteiger partial charge in [-0.05, 0) is 54.7 Å². The monoisotopic (exact) mass is 531 g/mol. The maximum Gasteiger partial charge on any atom is 0.191 e. The first-order valence-electron chi connectivity index (χ1n) is 9.20. The van der Waals surface area contributed by atoms with Crippen molar-refractivity contribution in [1.29, 1.82) is 0 Å². The number of sulfone groups is 1. The molecule has 0 saturated carbocycles. The van der Waals surface area contributed by atoms with Gasteiger partial charge in [-0.15, -0.1) is 24.0 Å². The largest absolute Gasteiger partial charge is 0.497 e. The highest BCUT2D eigenvalue weighted by atomic mass is 127. The average molecular weight is 531 g/mol. The maximum absolute atomic E-state index is 11.7. The number of hydrogen-bond acceptors (Lipinski definition) is 4. The lowest BCUT2D eigenvalue weighted by Gasteiger charge is -2.13. The van der Waals surface area contributed by atoms with Crippen LogP contribution in [0.1, 0.15) is 23.1 Å². The van der Waals surface area contributed by atoms with E-state index in [0.717, 1.165) is 42.2 Å². The molecule has 2 aromatic rings. The predicted molar refractivity (Wildman–Crippen MR) is 129 cm³/mol. The second-order valence-electron chi connectivity index (χ2n) is 6.68. The SMILES string of the molecule is CN=C(NCCCc1cccc(OC)c1)NCc1ccc(S(C)(=O)=O)c(C)c1.I. The van der Waals surface area contributed by atoms with Gasteiger partial charge < -0.3 is 15.4 Å². The molecule has 0 unspecified atom stereocenters. The molecule has 0 saturated heterocycles. The van der Waals surface area contributed by atoms with E-state index in [1.807, 2.05) is 31.2 Å². The highest BCUT2D eigenvalue weighted by Crippen LogP contribution is 2.16. The molecule has 0 amide bonds. The van der Waals surface area contributed by atoms with E-state index in [1.54, 1.807) is 20.2 Å². The second kappa shape index (κ2) is 12.0. The predicted octanol–water partition coefficient (Wildman–Crippen LogP) is 3.32. The van der Waals surface area contributed by atoms with E-state index in [-0.39, 0.29) is 24.0 Å². The Morgan fingerprint density at radius 3 is 2.48 bits per heavy atom. The van der Waals surface area contributed by atoms with E-state index in [9.17, 15) is 8.42 Å². The van der Waals surface area contributed by atoms with Crippen LogP contribution in [0.2, 0.25) is 0 Å². The molecule has 0 fully saturated rings. The number of halogens is 1. The lowest BCUT2D eigenvalue weighted by atomic mass is 10.1. The zero-order valence-electron chi connectivity index (χ0n) is 17.4. The van der Waals surface area contributed by atoms with E-state index >= 15 is 0 Å². The fraction of sp³-hybridized carbons (Fsp3) is 0.381. The topological polar surface area (TPSA) is 79.8 Å². The van der Waals surface area contributed by atoms with Gasteiger partial charge in [-0.3, -0.25) is 4.99 Å². The number of aliphatic imine (C=N–C) groups is 1. The van der Waals surface area contributed by atoms with Crippen molar-refractivity contribution < 1.29 is 13.2 Å². The molecule has 0 heterocycles. The molecule has 2 aromatic carbocycles. The second-order valence-corrected chi connectivity index (χ2v) is 8.66. The number of methoxy groups -OCH3 is 1. The van der Waals surface area contributed by atoms with Crippen LogP contribution in [-0.4, -0.2) is 41.3 Å². The fourth-order valence-electron chi connectivity index (χ4n) is 2.97. The molecule has 6 nitrogen and oxygen atoms in total. The summed E-state index contributed by atoms with van der Waals surface area (Å²) in [4.78, 5) is 4.60. The highest BCUT2D eigenvalue weighted by molar-refractivity contribution is 14.0. The fourth-order valence-corrected chi connectivity index (χ4v) is 3.93. The molecule has 0 bridgehead atoms. The van der Waals surface area contributed by atoms with Gasteiger partial charge in [-0.25, -0.2) is 8.42 Å². The first kappa shape index (κ1) is 25.2. The van der Waals surface area contributed by atoms with Crippen LogP contribution in [0.5, 0.6) is 5.75 Å². The molecule has 0 aromatic heterocycles. The Labute approximate surface area is 191 Å². The number of guanidine groups is 1. The number of rotatable bonds is 8. The van der Waals surface area contributed by atoms with Crippen molar-refractivity contribution in [2.45, 2.75) is 31.2 Å². The van der Waals surface area contributed by atoms with Crippen molar-refractivity contribution in [3.8, 4) is 5.75 Å². The minimum Gasteiger partial charge on any atom is -0.497 e. The van der Waals surface area contributed by atoms with E-state index in [2.05, 4.69) is 27.8 Å². The van der Waals surface area contributed by atoms with Gasteiger partial charge in [0.2, 0.25) is 0 Å². The molecule has 0 radical (unpaired) electrons. The Morgan fingerprint density at radius 1 is 1.10 bits per heavy atom. The summed E-state index contributed by atoms with van der Waals surface area (Å²) in [5.74, 6) is 1.59. The number of nitrogens with zero attached hydrogens (tertiary/aromatic N) is 1. The van der Waals surface area contributed by atoms with Crippen LogP contribution < -0.4 is 15.4 Å². The minimum absolute atomic E-state index is 0. The number of aryl methyl sites for hydroxylation is 2. The first-order chi connectivity index (χ1) is 13.3. The zero-order valence-corrected chi connectivity index (χ0v) is 20.5. The summed E-state index contributed by atoms with van der Waals surface area (Å²) in [6, 6.07) is 13.5. The van der Waals surface area contributed by atoms with Crippen molar-refractivity contribution in [2.24, 2.45) is 4.99 Å². The Hall–Kier alpha value is -1.81. The third kappa shape index (κ3) is 8.22. The Bertz CT molecular complexity index is 931. The number of hydrogen-bond donors (Lipinski definition) is 2. The van der Waals surface area contributed by atoms with Crippen molar-refractivity contribution in [3.63, 3.8) is 0 Å². The number of ether oxygens (including phenoxy) is 1. The molecule has 0 atom stereocenters. The molecule has 2 rings (SSSR count). The van der Waals surface area contributed by atoms with Crippen LogP contribution in [0.4, 0.5) is 0 Å². The van der Waals surface area contributed by atoms with Crippen LogP contribution in [0, 0.1) is 6.92 Å². The van der Waals surface area contributed by atoms with Gasteiger partial charge in [-0.1, -0.05) is 24.3 Å². The minimum atomic E-state index is -3.19. The van der Waals surface area contributed by atoms with Gasteiger partial charge in [0, 0.05) is 26.4 Å². The van der Waals surface area contributed by atoms with Gasteiger partial charge in [-0.2, -0.15) is 0 Å². The van der Waals surface area contributed by atoms with Crippen LogP contribution >= 0.6 is 24.0 Å². The summed E-state index contributed by atoms with van der Waals surface area (Å²) < 4.78 is 28.7. The summed E-state index contributed by atoms with van der Waals surface area (Å²) in [7, 11) is 0.212. The van der Waals surface area contributed by atoms with Gasteiger partial charge >= 0.3 is 0 Å². The van der Waals surface area contributed by atoms with Crippen molar-refractivity contribution in [1.82, 2.24) is 10.6 Å². The van der Waals surface area contributed by atoms with Crippen LogP contribution in [0.15, 0.2) is 52.4 Å². The standard InChI is InChI=1S/C21H29N3O3S.HI/c1-16-13-18(10-11-20(16)28(4,25)26)15-24-21(22-2)23-12-6-8-17-7-5-9-19(14-17)27-3;/h5,7,9-11,13-14H,6,8,12,15H2,1-4H3,(H2,22,23,24);1H. The van der Waals surface area contributed by atoms with E-state index in [4.69, 9.17) is 4.74 Å². The third-order valence-electron chi connectivity index (χ3n) is 4.39. The van der Waals surface area contributed by atoms with Crippen molar-refractivity contribution in [3.05, 3.63) is 59.2 Å². The Kier molecular flexibility index (Phi) is 10.5. The van der Waals surface area contributed by atoms with Crippen molar-refractivity contribution >= 4 is 39.8 Å². The quantitative estimate of drug-likeness (QED) is 0.237. The van der Waals surface area contributed by atoms with Gasteiger partial charge in [0.1, 0.15) is 5.75 Å². The molecule has 160 valence electrons. The van der Waals surface area contributed by atoms with E-state index in [1.165, 1.54) is 11.8 Å². The zero-order chi connectivity index (χ0) is 20.6. The normalized spacial score (nSPS) is 11.5. The summed E-state index contributed by atoms with van der Waals surface area (Å²) in [6.07, 6.45) is 3.15. The maximum atomic E-state index is 11.7. The summed E-state index contributed by atoms with van der Waals surface area (Å²) >= 11 is 0. The summed E-state index contributed by atoms with van der Waals surface area (Å²) in [5, 5.41) is 6.56. The molecule has 0 aliphatic heterocycles. The van der Waals surface area contributed by atoms with Crippen LogP contribution in [0.25, 0.3) is 0 Å². The Morgan fingerprint density at radius 2 is 1.86 bits per heavy atom. The molecule has 2 N–H and O–H groups in total. The van der Waals surface area contributed by atoms with E-state index in [0.29, 0.717) is 11.4 Å². The van der Waals surface area contributed by atoms with E-state index < -0.39 is 9.84 Å². The lowest BCUT2D eigenvalue weighted by Crippen LogP contribution is -2.37. The Balaban J connectivity index is 0.00000420. The third-order valence-corrected chi connectivity index (χ3v) is 5.65. The van der Waals surface area contributed by atoms with Gasteiger partial charge in [0.15, 0.2) is 15.8 Å². The molecule has 0 aliphatic rings. The van der Waals surface area contributed by atoms with Gasteiger partial charge in [0.05, 0.1) is 12.0 Å². The smallest absolute Gasteiger partial charge is 0.191 e.